The van der Waals surface area contributed by atoms with E-state index in [2.05, 4.69) is 19.1 Å². The molecule has 0 aliphatic carbocycles. The fraction of sp³-hybridized carbons (Fsp3) is 0.647. The van der Waals surface area contributed by atoms with E-state index in [0.29, 0.717) is 12.5 Å². The molecule has 0 bridgehead atoms. The molecule has 0 saturated carbocycles. The third-order valence-corrected chi connectivity index (χ3v) is 3.75. The molecule has 112 valence electrons. The highest BCUT2D eigenvalue weighted by molar-refractivity contribution is 5.13. The first-order chi connectivity index (χ1) is 9.57. The van der Waals surface area contributed by atoms with Crippen LogP contribution in [-0.4, -0.2) is 25.1 Å². The predicted octanol–water partition coefficient (Wildman–Crippen LogP) is 3.77. The van der Waals surface area contributed by atoms with Gasteiger partial charge in [-0.25, -0.2) is 0 Å². The molecule has 0 unspecified atom stereocenters. The summed E-state index contributed by atoms with van der Waals surface area (Å²) < 4.78 is 17.3. The van der Waals surface area contributed by atoms with Gasteiger partial charge in [-0.05, 0) is 39.2 Å². The Kier molecular flexibility index (Phi) is 5.58. The largest absolute Gasteiger partial charge is 0.377 e. The molecule has 3 nitrogen and oxygen atoms in total. The van der Waals surface area contributed by atoms with Crippen molar-refractivity contribution in [1.82, 2.24) is 0 Å². The monoisotopic (exact) mass is 278 g/mol. The molecule has 1 fully saturated rings. The number of benzene rings is 1. The van der Waals surface area contributed by atoms with Crippen LogP contribution < -0.4 is 0 Å². The Hall–Kier alpha value is -0.900. The minimum absolute atomic E-state index is 0.257. The summed E-state index contributed by atoms with van der Waals surface area (Å²) in [6, 6.07) is 10.3. The third kappa shape index (κ3) is 4.89. The van der Waals surface area contributed by atoms with Crippen LogP contribution >= 0.6 is 0 Å². The van der Waals surface area contributed by atoms with Gasteiger partial charge in [-0.1, -0.05) is 30.3 Å². The van der Waals surface area contributed by atoms with Gasteiger partial charge in [0.25, 0.3) is 0 Å². The van der Waals surface area contributed by atoms with Crippen LogP contribution in [0.2, 0.25) is 0 Å². The Morgan fingerprint density at radius 3 is 2.70 bits per heavy atom. The first kappa shape index (κ1) is 15.5. The van der Waals surface area contributed by atoms with Crippen LogP contribution in [0.15, 0.2) is 30.3 Å². The molecule has 3 heteroatoms. The van der Waals surface area contributed by atoms with Crippen LogP contribution in [0.4, 0.5) is 0 Å². The number of hydrogen-bond donors (Lipinski definition) is 0. The van der Waals surface area contributed by atoms with E-state index in [1.54, 1.807) is 0 Å². The molecule has 1 aromatic carbocycles. The maximum Gasteiger partial charge on any atom is 0.163 e. The molecular weight excluding hydrogens is 252 g/mol. The summed E-state index contributed by atoms with van der Waals surface area (Å²) in [6.45, 7) is 8.36. The van der Waals surface area contributed by atoms with Gasteiger partial charge in [-0.3, -0.25) is 0 Å². The molecule has 0 radical (unpaired) electrons. The van der Waals surface area contributed by atoms with Crippen molar-refractivity contribution in [2.45, 2.75) is 52.1 Å². The smallest absolute Gasteiger partial charge is 0.163 e. The van der Waals surface area contributed by atoms with E-state index >= 15 is 0 Å². The van der Waals surface area contributed by atoms with Gasteiger partial charge in [-0.2, -0.15) is 0 Å². The van der Waals surface area contributed by atoms with Crippen molar-refractivity contribution in [2.75, 3.05) is 13.2 Å². The average Bonchev–Trinajstić information content (AvgIpc) is 2.41. The predicted molar refractivity (Wildman–Crippen MR) is 79.4 cm³/mol. The van der Waals surface area contributed by atoms with E-state index < -0.39 is 5.79 Å². The first-order valence-corrected chi connectivity index (χ1v) is 7.50. The number of ether oxygens (including phenoxy) is 3. The summed E-state index contributed by atoms with van der Waals surface area (Å²) in [4.78, 5) is 0. The Morgan fingerprint density at radius 2 is 2.00 bits per heavy atom. The van der Waals surface area contributed by atoms with Gasteiger partial charge in [0, 0.05) is 12.5 Å². The summed E-state index contributed by atoms with van der Waals surface area (Å²) in [5.74, 6) is 0.0445. The standard InChI is InChI=1S/C17H26O3/c1-14-16(13-19-17(2,3)20-14)10-7-11-18-12-15-8-5-4-6-9-15/h4-6,8-9,14,16H,7,10-13H2,1-3H3/t14-,16-/m1/s1. The van der Waals surface area contributed by atoms with E-state index in [1.165, 1.54) is 5.56 Å². The van der Waals surface area contributed by atoms with E-state index in [1.807, 2.05) is 32.0 Å². The zero-order valence-electron chi connectivity index (χ0n) is 12.8. The van der Waals surface area contributed by atoms with Crippen molar-refractivity contribution < 1.29 is 14.2 Å². The zero-order valence-corrected chi connectivity index (χ0v) is 12.8. The summed E-state index contributed by atoms with van der Waals surface area (Å²) in [5.41, 5.74) is 1.23. The second kappa shape index (κ2) is 7.21. The Bertz CT molecular complexity index is 388. The van der Waals surface area contributed by atoms with Crippen molar-refractivity contribution in [3.05, 3.63) is 35.9 Å². The fourth-order valence-electron chi connectivity index (χ4n) is 2.55. The summed E-state index contributed by atoms with van der Waals surface area (Å²) in [7, 11) is 0. The Labute approximate surface area is 122 Å². The van der Waals surface area contributed by atoms with E-state index in [0.717, 1.165) is 26.1 Å². The molecule has 2 rings (SSSR count). The van der Waals surface area contributed by atoms with Crippen LogP contribution in [0.1, 0.15) is 39.2 Å². The van der Waals surface area contributed by atoms with Crippen LogP contribution in [0.5, 0.6) is 0 Å². The molecule has 0 aromatic heterocycles. The molecular formula is C17H26O3. The molecule has 1 aromatic rings. The lowest BCUT2D eigenvalue weighted by Gasteiger charge is -2.39. The van der Waals surface area contributed by atoms with Gasteiger partial charge in [0.2, 0.25) is 0 Å². The highest BCUT2D eigenvalue weighted by Gasteiger charge is 2.33. The molecule has 0 N–H and O–H groups in total. The molecule has 2 atom stereocenters. The normalized spacial score (nSPS) is 25.6. The highest BCUT2D eigenvalue weighted by Crippen LogP contribution is 2.28. The van der Waals surface area contributed by atoms with Crippen molar-refractivity contribution in [3.63, 3.8) is 0 Å². The third-order valence-electron chi connectivity index (χ3n) is 3.75. The van der Waals surface area contributed by atoms with Gasteiger partial charge in [-0.15, -0.1) is 0 Å². The van der Waals surface area contributed by atoms with E-state index in [9.17, 15) is 0 Å². The van der Waals surface area contributed by atoms with Gasteiger partial charge in [0.1, 0.15) is 0 Å². The maximum atomic E-state index is 5.85. The highest BCUT2D eigenvalue weighted by atomic mass is 16.7. The summed E-state index contributed by atoms with van der Waals surface area (Å²) in [6.07, 6.45) is 2.40. The molecule has 1 saturated heterocycles. The lowest BCUT2D eigenvalue weighted by molar-refractivity contribution is -0.289. The molecule has 0 amide bonds. The molecule has 1 heterocycles. The van der Waals surface area contributed by atoms with Gasteiger partial charge < -0.3 is 14.2 Å². The minimum Gasteiger partial charge on any atom is -0.377 e. The summed E-state index contributed by atoms with van der Waals surface area (Å²) >= 11 is 0. The average molecular weight is 278 g/mol. The van der Waals surface area contributed by atoms with Crippen molar-refractivity contribution in [1.29, 1.82) is 0 Å². The van der Waals surface area contributed by atoms with Gasteiger partial charge >= 0.3 is 0 Å². The van der Waals surface area contributed by atoms with E-state index in [4.69, 9.17) is 14.2 Å². The van der Waals surface area contributed by atoms with Gasteiger partial charge in [0.15, 0.2) is 5.79 Å². The molecule has 1 aliphatic rings. The Morgan fingerprint density at radius 1 is 1.25 bits per heavy atom. The van der Waals surface area contributed by atoms with Crippen molar-refractivity contribution in [3.8, 4) is 0 Å². The Balaban J connectivity index is 1.60. The molecule has 20 heavy (non-hydrogen) atoms. The van der Waals surface area contributed by atoms with Crippen LogP contribution in [0, 0.1) is 5.92 Å². The quantitative estimate of drug-likeness (QED) is 0.741. The second-order valence-corrected chi connectivity index (χ2v) is 5.97. The number of rotatable bonds is 6. The fourth-order valence-corrected chi connectivity index (χ4v) is 2.55. The van der Waals surface area contributed by atoms with Crippen molar-refractivity contribution in [2.24, 2.45) is 5.92 Å². The minimum atomic E-state index is -0.431. The first-order valence-electron chi connectivity index (χ1n) is 7.50. The van der Waals surface area contributed by atoms with Crippen molar-refractivity contribution >= 4 is 0 Å². The number of hydrogen-bond acceptors (Lipinski definition) is 3. The lowest BCUT2D eigenvalue weighted by Crippen LogP contribution is -2.44. The topological polar surface area (TPSA) is 27.7 Å². The zero-order chi connectivity index (χ0) is 14.4. The van der Waals surface area contributed by atoms with E-state index in [-0.39, 0.29) is 6.10 Å². The molecule has 1 aliphatic heterocycles. The summed E-state index contributed by atoms with van der Waals surface area (Å²) in [5, 5.41) is 0. The van der Waals surface area contributed by atoms with Crippen LogP contribution in [0.3, 0.4) is 0 Å². The van der Waals surface area contributed by atoms with Crippen LogP contribution in [-0.2, 0) is 20.8 Å². The second-order valence-electron chi connectivity index (χ2n) is 5.97. The SMILES string of the molecule is C[C@H]1OC(C)(C)OC[C@H]1CCCOCc1ccccc1. The maximum absolute atomic E-state index is 5.85. The van der Waals surface area contributed by atoms with Crippen LogP contribution in [0.25, 0.3) is 0 Å². The van der Waals surface area contributed by atoms with Gasteiger partial charge in [0.05, 0.1) is 19.3 Å². The molecule has 0 spiro atoms. The lowest BCUT2D eigenvalue weighted by atomic mass is 9.97.